The molecule has 1 saturated heterocycles. The van der Waals surface area contributed by atoms with Crippen LogP contribution in [0.2, 0.25) is 0 Å². The second-order valence-corrected chi connectivity index (χ2v) is 5.53. The summed E-state index contributed by atoms with van der Waals surface area (Å²) in [4.78, 5) is 4.34. The molecule has 0 bridgehead atoms. The van der Waals surface area contributed by atoms with Crippen LogP contribution in [0.25, 0.3) is 0 Å². The molecule has 2 rings (SSSR count). The highest BCUT2D eigenvalue weighted by molar-refractivity contribution is 8.00. The first-order valence-electron chi connectivity index (χ1n) is 4.85. The van der Waals surface area contributed by atoms with E-state index in [4.69, 9.17) is 10.3 Å². The van der Waals surface area contributed by atoms with Gasteiger partial charge in [-0.2, -0.15) is 4.98 Å². The topological polar surface area (TPSA) is 64.9 Å². The molecule has 0 radical (unpaired) electrons. The molecule has 0 amide bonds. The van der Waals surface area contributed by atoms with Crippen LogP contribution >= 0.6 is 11.8 Å². The second kappa shape index (κ2) is 3.55. The molecule has 0 spiro atoms. The Morgan fingerprint density at radius 3 is 2.93 bits per heavy atom. The predicted octanol–water partition coefficient (Wildman–Crippen LogP) is 1.83. The van der Waals surface area contributed by atoms with Crippen molar-refractivity contribution in [1.29, 1.82) is 0 Å². The lowest BCUT2D eigenvalue weighted by molar-refractivity contribution is 0.353. The summed E-state index contributed by atoms with van der Waals surface area (Å²) in [5.74, 6) is 2.51. The zero-order valence-corrected chi connectivity index (χ0v) is 9.30. The lowest BCUT2D eigenvalue weighted by Gasteiger charge is -2.16. The third-order valence-corrected chi connectivity index (χ3v) is 4.04. The van der Waals surface area contributed by atoms with Crippen molar-refractivity contribution >= 4 is 11.8 Å². The fourth-order valence-corrected chi connectivity index (χ4v) is 2.83. The molecule has 0 aromatic carbocycles. The number of thioether (sulfide) groups is 1. The van der Waals surface area contributed by atoms with E-state index < -0.39 is 0 Å². The fraction of sp³-hybridized carbons (Fsp3) is 0.778. The molecule has 4 nitrogen and oxygen atoms in total. The summed E-state index contributed by atoms with van der Waals surface area (Å²) in [6.07, 6.45) is 2.35. The molecule has 0 saturated carbocycles. The van der Waals surface area contributed by atoms with E-state index >= 15 is 0 Å². The van der Waals surface area contributed by atoms with Gasteiger partial charge < -0.3 is 10.3 Å². The molecule has 5 heteroatoms. The maximum Gasteiger partial charge on any atom is 0.243 e. The minimum Gasteiger partial charge on any atom is -0.338 e. The van der Waals surface area contributed by atoms with Crippen molar-refractivity contribution in [3.8, 4) is 0 Å². The standard InChI is InChI=1S/C9H15N3OS/c1-6(10)7-11-8(12-13-7)9(2)4-3-5-14-9/h6H,3-5,10H2,1-2H3/t6-,9?/m0/s1. The summed E-state index contributed by atoms with van der Waals surface area (Å²) < 4.78 is 5.14. The quantitative estimate of drug-likeness (QED) is 0.812. The number of hydrogen-bond donors (Lipinski definition) is 1. The fourth-order valence-electron chi connectivity index (χ4n) is 1.59. The van der Waals surface area contributed by atoms with E-state index in [0.29, 0.717) is 5.89 Å². The molecule has 1 unspecified atom stereocenters. The van der Waals surface area contributed by atoms with Gasteiger partial charge in [0.05, 0.1) is 10.8 Å². The number of nitrogens with two attached hydrogens (primary N) is 1. The molecular weight excluding hydrogens is 198 g/mol. The third kappa shape index (κ3) is 1.66. The van der Waals surface area contributed by atoms with E-state index in [1.165, 1.54) is 12.2 Å². The van der Waals surface area contributed by atoms with Gasteiger partial charge in [0, 0.05) is 0 Å². The molecule has 1 aromatic heterocycles. The third-order valence-electron chi connectivity index (χ3n) is 2.52. The number of hydrogen-bond acceptors (Lipinski definition) is 5. The highest BCUT2D eigenvalue weighted by atomic mass is 32.2. The van der Waals surface area contributed by atoms with E-state index in [2.05, 4.69) is 17.1 Å². The van der Waals surface area contributed by atoms with Gasteiger partial charge in [-0.1, -0.05) is 5.16 Å². The Morgan fingerprint density at radius 2 is 2.43 bits per heavy atom. The van der Waals surface area contributed by atoms with E-state index in [1.807, 2.05) is 18.7 Å². The van der Waals surface area contributed by atoms with Gasteiger partial charge in [-0.05, 0) is 32.4 Å². The van der Waals surface area contributed by atoms with E-state index in [0.717, 1.165) is 12.2 Å². The first-order valence-corrected chi connectivity index (χ1v) is 5.84. The molecular formula is C9H15N3OS. The first-order chi connectivity index (χ1) is 6.62. The molecule has 1 aliphatic rings. The van der Waals surface area contributed by atoms with Crippen molar-refractivity contribution < 1.29 is 4.52 Å². The Bertz CT molecular complexity index is 318. The molecule has 1 aliphatic heterocycles. The van der Waals surface area contributed by atoms with Crippen molar-refractivity contribution in [3.05, 3.63) is 11.7 Å². The van der Waals surface area contributed by atoms with Crippen LogP contribution < -0.4 is 5.73 Å². The van der Waals surface area contributed by atoms with Gasteiger partial charge in [-0.25, -0.2) is 0 Å². The smallest absolute Gasteiger partial charge is 0.243 e. The molecule has 2 heterocycles. The van der Waals surface area contributed by atoms with Crippen LogP contribution in [0.4, 0.5) is 0 Å². The average Bonchev–Trinajstić information content (AvgIpc) is 2.71. The maximum absolute atomic E-state index is 5.67. The summed E-state index contributed by atoms with van der Waals surface area (Å²) in [7, 11) is 0. The highest BCUT2D eigenvalue weighted by Gasteiger charge is 2.36. The highest BCUT2D eigenvalue weighted by Crippen LogP contribution is 2.44. The zero-order chi connectivity index (χ0) is 10.2. The van der Waals surface area contributed by atoms with Crippen LogP contribution in [0.3, 0.4) is 0 Å². The lowest BCUT2D eigenvalue weighted by Crippen LogP contribution is -2.15. The van der Waals surface area contributed by atoms with Crippen LogP contribution in [-0.2, 0) is 4.75 Å². The molecule has 14 heavy (non-hydrogen) atoms. The summed E-state index contributed by atoms with van der Waals surface area (Å²) >= 11 is 1.90. The van der Waals surface area contributed by atoms with Crippen molar-refractivity contribution in [2.24, 2.45) is 5.73 Å². The summed E-state index contributed by atoms with van der Waals surface area (Å²) in [5.41, 5.74) is 5.67. The Balaban J connectivity index is 2.23. The van der Waals surface area contributed by atoms with E-state index in [9.17, 15) is 0 Å². The van der Waals surface area contributed by atoms with Crippen LogP contribution in [-0.4, -0.2) is 15.9 Å². The Morgan fingerprint density at radius 1 is 1.64 bits per heavy atom. The van der Waals surface area contributed by atoms with Gasteiger partial charge >= 0.3 is 0 Å². The normalized spacial score (nSPS) is 29.4. The summed E-state index contributed by atoms with van der Waals surface area (Å²) in [6.45, 7) is 4.02. The van der Waals surface area contributed by atoms with E-state index in [1.54, 1.807) is 0 Å². The SMILES string of the molecule is C[C@H](N)c1nc(C2(C)CCCS2)no1. The molecule has 2 N–H and O–H groups in total. The number of aromatic nitrogens is 2. The Hall–Kier alpha value is -0.550. The molecule has 1 aromatic rings. The van der Waals surface area contributed by atoms with Crippen LogP contribution in [0, 0.1) is 0 Å². The minimum absolute atomic E-state index is 0.0383. The molecule has 78 valence electrons. The van der Waals surface area contributed by atoms with Crippen LogP contribution in [0.5, 0.6) is 0 Å². The second-order valence-electron chi connectivity index (χ2n) is 3.93. The summed E-state index contributed by atoms with van der Waals surface area (Å²) in [6, 6.07) is -0.175. The largest absolute Gasteiger partial charge is 0.338 e. The van der Waals surface area contributed by atoms with Crippen molar-refractivity contribution in [1.82, 2.24) is 10.1 Å². The Kier molecular flexibility index (Phi) is 2.53. The van der Waals surface area contributed by atoms with Crippen molar-refractivity contribution in [2.75, 3.05) is 5.75 Å². The van der Waals surface area contributed by atoms with Crippen molar-refractivity contribution in [2.45, 2.75) is 37.5 Å². The zero-order valence-electron chi connectivity index (χ0n) is 8.49. The van der Waals surface area contributed by atoms with Gasteiger partial charge in [0.15, 0.2) is 5.82 Å². The molecule has 0 aliphatic carbocycles. The predicted molar refractivity (Wildman–Crippen MR) is 55.9 cm³/mol. The van der Waals surface area contributed by atoms with Gasteiger partial charge in [0.1, 0.15) is 0 Å². The average molecular weight is 213 g/mol. The lowest BCUT2D eigenvalue weighted by atomic mass is 10.1. The van der Waals surface area contributed by atoms with Crippen LogP contribution in [0.1, 0.15) is 44.4 Å². The minimum atomic E-state index is -0.175. The van der Waals surface area contributed by atoms with Crippen molar-refractivity contribution in [3.63, 3.8) is 0 Å². The summed E-state index contributed by atoms with van der Waals surface area (Å²) in [5, 5.41) is 4.00. The monoisotopic (exact) mass is 213 g/mol. The van der Waals surface area contributed by atoms with E-state index in [-0.39, 0.29) is 10.8 Å². The molecule has 2 atom stereocenters. The number of nitrogens with zero attached hydrogens (tertiary/aromatic N) is 2. The maximum atomic E-state index is 5.67. The number of rotatable bonds is 2. The first kappa shape index (κ1) is 9.98. The van der Waals surface area contributed by atoms with Gasteiger partial charge in [-0.3, -0.25) is 0 Å². The van der Waals surface area contributed by atoms with Gasteiger partial charge in [0.2, 0.25) is 5.89 Å². The molecule has 1 fully saturated rings. The van der Waals surface area contributed by atoms with Gasteiger partial charge in [0.25, 0.3) is 0 Å². The van der Waals surface area contributed by atoms with Crippen LogP contribution in [0.15, 0.2) is 4.52 Å². The Labute approximate surface area is 87.6 Å². The van der Waals surface area contributed by atoms with Gasteiger partial charge in [-0.15, -0.1) is 11.8 Å².